The van der Waals surface area contributed by atoms with Gasteiger partial charge in [-0.2, -0.15) is 0 Å². The van der Waals surface area contributed by atoms with Gasteiger partial charge in [-0.15, -0.1) is 0 Å². The molecule has 3 nitrogen and oxygen atoms in total. The molecule has 2 rings (SSSR count). The average Bonchev–Trinajstić information content (AvgIpc) is 2.81. The number of aryl methyl sites for hydroxylation is 1. The summed E-state index contributed by atoms with van der Waals surface area (Å²) in [5.41, 5.74) is 2.07. The average molecular weight is 216 g/mol. The predicted molar refractivity (Wildman–Crippen MR) is 64.3 cm³/mol. The summed E-state index contributed by atoms with van der Waals surface area (Å²) < 4.78 is 5.42. The lowest BCUT2D eigenvalue weighted by molar-refractivity contribution is 0.474. The minimum atomic E-state index is 0.206. The van der Waals surface area contributed by atoms with Crippen LogP contribution < -0.4 is 5.32 Å². The SMILES string of the molecule is CCC(Nc1cccnc1C)c1ccco1. The number of hydrogen-bond donors (Lipinski definition) is 1. The summed E-state index contributed by atoms with van der Waals surface area (Å²) in [6.45, 7) is 4.13. The molecule has 0 bridgehead atoms. The summed E-state index contributed by atoms with van der Waals surface area (Å²) in [5, 5.41) is 3.44. The molecule has 0 spiro atoms. The number of nitrogens with zero attached hydrogens (tertiary/aromatic N) is 1. The Bertz CT molecular complexity index is 437. The molecule has 16 heavy (non-hydrogen) atoms. The Labute approximate surface area is 95.5 Å². The van der Waals surface area contributed by atoms with Gasteiger partial charge in [0.05, 0.1) is 23.7 Å². The minimum Gasteiger partial charge on any atom is -0.467 e. The fraction of sp³-hybridized carbons (Fsp3) is 0.308. The number of anilines is 1. The molecule has 3 heteroatoms. The third-order valence-electron chi connectivity index (χ3n) is 2.63. The van der Waals surface area contributed by atoms with Crippen LogP contribution in [-0.4, -0.2) is 4.98 Å². The maximum Gasteiger partial charge on any atom is 0.125 e. The van der Waals surface area contributed by atoms with Crippen molar-refractivity contribution in [1.82, 2.24) is 4.98 Å². The molecule has 1 unspecified atom stereocenters. The van der Waals surface area contributed by atoms with Crippen LogP contribution in [0.1, 0.15) is 30.8 Å². The zero-order valence-electron chi connectivity index (χ0n) is 9.60. The van der Waals surface area contributed by atoms with Gasteiger partial charge in [-0.25, -0.2) is 0 Å². The van der Waals surface area contributed by atoms with Crippen LogP contribution in [0.5, 0.6) is 0 Å². The van der Waals surface area contributed by atoms with Crippen molar-refractivity contribution in [3.8, 4) is 0 Å². The van der Waals surface area contributed by atoms with E-state index in [1.165, 1.54) is 0 Å². The van der Waals surface area contributed by atoms with Crippen LogP contribution in [0.3, 0.4) is 0 Å². The molecule has 0 aliphatic carbocycles. The molecule has 2 aromatic rings. The lowest BCUT2D eigenvalue weighted by Crippen LogP contribution is -2.10. The third-order valence-corrected chi connectivity index (χ3v) is 2.63. The molecule has 0 saturated heterocycles. The van der Waals surface area contributed by atoms with Crippen molar-refractivity contribution in [2.24, 2.45) is 0 Å². The molecule has 0 aliphatic rings. The van der Waals surface area contributed by atoms with Gasteiger partial charge in [-0.05, 0) is 37.6 Å². The van der Waals surface area contributed by atoms with Crippen LogP contribution >= 0.6 is 0 Å². The monoisotopic (exact) mass is 216 g/mol. The van der Waals surface area contributed by atoms with E-state index in [-0.39, 0.29) is 6.04 Å². The number of hydrogen-bond acceptors (Lipinski definition) is 3. The number of nitrogens with one attached hydrogen (secondary N) is 1. The van der Waals surface area contributed by atoms with E-state index in [0.717, 1.165) is 23.6 Å². The smallest absolute Gasteiger partial charge is 0.125 e. The summed E-state index contributed by atoms with van der Waals surface area (Å²) in [7, 11) is 0. The summed E-state index contributed by atoms with van der Waals surface area (Å²) >= 11 is 0. The molecule has 1 atom stereocenters. The summed E-state index contributed by atoms with van der Waals surface area (Å²) in [5.74, 6) is 0.964. The van der Waals surface area contributed by atoms with Crippen molar-refractivity contribution in [3.05, 3.63) is 48.2 Å². The Kier molecular flexibility index (Phi) is 3.25. The van der Waals surface area contributed by atoms with Crippen LogP contribution in [0.2, 0.25) is 0 Å². The maximum atomic E-state index is 5.42. The highest BCUT2D eigenvalue weighted by atomic mass is 16.3. The van der Waals surface area contributed by atoms with Gasteiger partial charge in [0.25, 0.3) is 0 Å². The molecule has 0 aliphatic heterocycles. The van der Waals surface area contributed by atoms with E-state index in [1.54, 1.807) is 12.5 Å². The first-order valence-electron chi connectivity index (χ1n) is 5.53. The first-order chi connectivity index (χ1) is 7.81. The number of pyridine rings is 1. The molecule has 84 valence electrons. The van der Waals surface area contributed by atoms with Gasteiger partial charge < -0.3 is 9.73 Å². The standard InChI is InChI=1S/C13H16N2O/c1-3-11(13-7-5-9-16-13)15-12-6-4-8-14-10(12)2/h4-9,11,15H,3H2,1-2H3. The van der Waals surface area contributed by atoms with Crippen molar-refractivity contribution < 1.29 is 4.42 Å². The second-order valence-corrected chi connectivity index (χ2v) is 3.76. The quantitative estimate of drug-likeness (QED) is 0.849. The molecule has 2 heterocycles. The summed E-state index contributed by atoms with van der Waals surface area (Å²) in [6.07, 6.45) is 4.48. The van der Waals surface area contributed by atoms with Crippen molar-refractivity contribution in [2.75, 3.05) is 5.32 Å². The zero-order valence-corrected chi connectivity index (χ0v) is 9.60. The summed E-state index contributed by atoms with van der Waals surface area (Å²) in [4.78, 5) is 4.25. The van der Waals surface area contributed by atoms with E-state index in [9.17, 15) is 0 Å². The Hall–Kier alpha value is -1.77. The van der Waals surface area contributed by atoms with Crippen molar-refractivity contribution in [1.29, 1.82) is 0 Å². The van der Waals surface area contributed by atoms with E-state index >= 15 is 0 Å². The minimum absolute atomic E-state index is 0.206. The van der Waals surface area contributed by atoms with E-state index in [1.807, 2.05) is 31.2 Å². The molecule has 0 fully saturated rings. The first-order valence-corrected chi connectivity index (χ1v) is 5.53. The van der Waals surface area contributed by atoms with Gasteiger partial charge in [-0.1, -0.05) is 6.92 Å². The van der Waals surface area contributed by atoms with Gasteiger partial charge in [0.15, 0.2) is 0 Å². The van der Waals surface area contributed by atoms with Gasteiger partial charge in [0, 0.05) is 6.20 Å². The number of rotatable bonds is 4. The van der Waals surface area contributed by atoms with Gasteiger partial charge in [0.2, 0.25) is 0 Å². The van der Waals surface area contributed by atoms with Crippen molar-refractivity contribution in [3.63, 3.8) is 0 Å². The molecule has 0 radical (unpaired) electrons. The van der Waals surface area contributed by atoms with Crippen molar-refractivity contribution >= 4 is 5.69 Å². The van der Waals surface area contributed by atoms with Crippen molar-refractivity contribution in [2.45, 2.75) is 26.3 Å². The predicted octanol–water partition coefficient (Wildman–Crippen LogP) is 3.55. The zero-order chi connectivity index (χ0) is 11.4. The largest absolute Gasteiger partial charge is 0.467 e. The maximum absolute atomic E-state index is 5.42. The highest BCUT2D eigenvalue weighted by Crippen LogP contribution is 2.23. The Morgan fingerprint density at radius 1 is 1.38 bits per heavy atom. The molecule has 2 aromatic heterocycles. The fourth-order valence-corrected chi connectivity index (χ4v) is 1.69. The van der Waals surface area contributed by atoms with E-state index in [0.29, 0.717) is 0 Å². The first kappa shape index (κ1) is 10.7. The van der Waals surface area contributed by atoms with Crippen LogP contribution in [0.25, 0.3) is 0 Å². The number of furan rings is 1. The Morgan fingerprint density at radius 2 is 2.25 bits per heavy atom. The highest BCUT2D eigenvalue weighted by molar-refractivity contribution is 5.48. The molecule has 0 aromatic carbocycles. The van der Waals surface area contributed by atoms with Crippen LogP contribution in [0.4, 0.5) is 5.69 Å². The van der Waals surface area contributed by atoms with Crippen LogP contribution in [-0.2, 0) is 0 Å². The van der Waals surface area contributed by atoms with E-state index < -0.39 is 0 Å². The highest BCUT2D eigenvalue weighted by Gasteiger charge is 2.12. The number of aromatic nitrogens is 1. The van der Waals surface area contributed by atoms with E-state index in [2.05, 4.69) is 17.2 Å². The molecule has 0 saturated carbocycles. The summed E-state index contributed by atoms with van der Waals surface area (Å²) in [6, 6.07) is 8.08. The molecule has 0 amide bonds. The second-order valence-electron chi connectivity index (χ2n) is 3.76. The van der Waals surface area contributed by atoms with Crippen LogP contribution in [0.15, 0.2) is 41.1 Å². The van der Waals surface area contributed by atoms with Crippen LogP contribution in [0, 0.1) is 6.92 Å². The lowest BCUT2D eigenvalue weighted by Gasteiger charge is -2.16. The van der Waals surface area contributed by atoms with E-state index in [4.69, 9.17) is 4.42 Å². The fourth-order valence-electron chi connectivity index (χ4n) is 1.69. The second kappa shape index (κ2) is 4.84. The lowest BCUT2D eigenvalue weighted by atomic mass is 10.1. The third kappa shape index (κ3) is 2.24. The van der Waals surface area contributed by atoms with Gasteiger partial charge >= 0.3 is 0 Å². The molecule has 1 N–H and O–H groups in total. The van der Waals surface area contributed by atoms with Gasteiger partial charge in [0.1, 0.15) is 5.76 Å². The van der Waals surface area contributed by atoms with Gasteiger partial charge in [-0.3, -0.25) is 4.98 Å². The topological polar surface area (TPSA) is 38.1 Å². The molecular weight excluding hydrogens is 200 g/mol. The molecular formula is C13H16N2O. The normalized spacial score (nSPS) is 12.4. The Balaban J connectivity index is 2.17. The Morgan fingerprint density at radius 3 is 2.88 bits per heavy atom.